The number of methoxy groups -OCH3 is 1. The minimum absolute atomic E-state index is 0.617. The third-order valence-electron chi connectivity index (χ3n) is 4.10. The number of aryl methyl sites for hydroxylation is 1. The highest BCUT2D eigenvalue weighted by Gasteiger charge is 2.22. The van der Waals surface area contributed by atoms with E-state index in [-0.39, 0.29) is 0 Å². The summed E-state index contributed by atoms with van der Waals surface area (Å²) in [5, 5.41) is 7.65. The molecule has 1 N–H and O–H groups in total. The van der Waals surface area contributed by atoms with Crippen molar-refractivity contribution in [2.24, 2.45) is 0 Å². The lowest BCUT2D eigenvalue weighted by molar-refractivity contribution is 0.387. The molecule has 1 saturated heterocycles. The van der Waals surface area contributed by atoms with Crippen LogP contribution < -0.4 is 15.0 Å². The number of nitrogens with one attached hydrogen (secondary N) is 1. The van der Waals surface area contributed by atoms with E-state index in [0.29, 0.717) is 6.04 Å². The Morgan fingerprint density at radius 3 is 2.75 bits per heavy atom. The number of rotatable bonds is 3. The number of hydrogen-bond donors (Lipinski definition) is 1. The number of hydrogen-bond acceptors (Lipinski definition) is 5. The molecule has 0 radical (unpaired) electrons. The zero-order chi connectivity index (χ0) is 14.1. The van der Waals surface area contributed by atoms with Gasteiger partial charge < -0.3 is 15.0 Å². The normalized spacial score (nSPS) is 16.9. The fourth-order valence-electron chi connectivity index (χ4n) is 2.93. The Hall–Kier alpha value is -1.82. The van der Waals surface area contributed by atoms with Crippen molar-refractivity contribution >= 4 is 11.3 Å². The van der Waals surface area contributed by atoms with Gasteiger partial charge in [0.1, 0.15) is 11.8 Å². The topological polar surface area (TPSA) is 54.7 Å². The van der Waals surface area contributed by atoms with Crippen LogP contribution in [0, 0.1) is 6.92 Å². The van der Waals surface area contributed by atoms with E-state index in [4.69, 9.17) is 4.74 Å². The van der Waals surface area contributed by atoms with E-state index >= 15 is 0 Å². The number of piperidine rings is 1. The maximum absolute atomic E-state index is 5.37. The van der Waals surface area contributed by atoms with E-state index < -0.39 is 0 Å². The van der Waals surface area contributed by atoms with Gasteiger partial charge in [-0.15, -0.1) is 0 Å². The number of anilines is 1. The van der Waals surface area contributed by atoms with E-state index in [2.05, 4.69) is 27.2 Å². The average molecular weight is 275 g/mol. The minimum Gasteiger partial charge on any atom is -0.481 e. The molecule has 0 aliphatic carbocycles. The van der Waals surface area contributed by atoms with E-state index in [0.717, 1.165) is 48.7 Å². The SMILES string of the molecule is CNC1CCN(c2ncnn3c(OC)cc(C)c23)CC1. The van der Waals surface area contributed by atoms with Crippen LogP contribution in [0.3, 0.4) is 0 Å². The standard InChI is InChI=1S/C14H21N5O/c1-10-8-12(20-3)19-13(10)14(16-9-17-19)18-6-4-11(15-2)5-7-18/h8-9,11,15H,4-7H2,1-3H3. The molecule has 1 aliphatic heterocycles. The summed E-state index contributed by atoms with van der Waals surface area (Å²) in [5.41, 5.74) is 2.19. The van der Waals surface area contributed by atoms with Crippen LogP contribution in [-0.4, -0.2) is 47.9 Å². The van der Waals surface area contributed by atoms with Gasteiger partial charge in [0.05, 0.1) is 7.11 Å². The van der Waals surface area contributed by atoms with Crippen molar-refractivity contribution < 1.29 is 4.74 Å². The number of ether oxygens (including phenoxy) is 1. The van der Waals surface area contributed by atoms with Crippen molar-refractivity contribution in [2.45, 2.75) is 25.8 Å². The first-order chi connectivity index (χ1) is 9.74. The van der Waals surface area contributed by atoms with Crippen LogP contribution in [0.1, 0.15) is 18.4 Å². The van der Waals surface area contributed by atoms with Crippen LogP contribution >= 0.6 is 0 Å². The molecule has 3 heterocycles. The van der Waals surface area contributed by atoms with Crippen LogP contribution in [0.15, 0.2) is 12.4 Å². The van der Waals surface area contributed by atoms with Crippen molar-refractivity contribution in [1.82, 2.24) is 19.9 Å². The van der Waals surface area contributed by atoms with Gasteiger partial charge in [-0.05, 0) is 32.4 Å². The molecular weight excluding hydrogens is 254 g/mol. The van der Waals surface area contributed by atoms with Gasteiger partial charge in [-0.1, -0.05) is 0 Å². The summed E-state index contributed by atoms with van der Waals surface area (Å²) in [6, 6.07) is 2.62. The Balaban J connectivity index is 1.98. The molecule has 6 nitrogen and oxygen atoms in total. The predicted octanol–water partition coefficient (Wildman–Crippen LogP) is 1.23. The average Bonchev–Trinajstić information content (AvgIpc) is 2.84. The van der Waals surface area contributed by atoms with Gasteiger partial charge in [0.25, 0.3) is 0 Å². The first-order valence-electron chi connectivity index (χ1n) is 7.04. The molecular formula is C14H21N5O. The Morgan fingerprint density at radius 1 is 1.35 bits per heavy atom. The highest BCUT2D eigenvalue weighted by Crippen LogP contribution is 2.29. The first kappa shape index (κ1) is 13.2. The third-order valence-corrected chi connectivity index (χ3v) is 4.10. The van der Waals surface area contributed by atoms with Crippen LogP contribution in [0.25, 0.3) is 5.52 Å². The number of fused-ring (bicyclic) bond motifs is 1. The highest BCUT2D eigenvalue weighted by atomic mass is 16.5. The summed E-state index contributed by atoms with van der Waals surface area (Å²) in [5.74, 6) is 1.77. The van der Waals surface area contributed by atoms with Gasteiger partial charge in [-0.3, -0.25) is 0 Å². The van der Waals surface area contributed by atoms with Crippen molar-refractivity contribution in [1.29, 1.82) is 0 Å². The van der Waals surface area contributed by atoms with Crippen molar-refractivity contribution in [3.8, 4) is 5.88 Å². The zero-order valence-corrected chi connectivity index (χ0v) is 12.3. The lowest BCUT2D eigenvalue weighted by Gasteiger charge is -2.32. The first-order valence-corrected chi connectivity index (χ1v) is 7.04. The highest BCUT2D eigenvalue weighted by molar-refractivity contribution is 5.74. The molecule has 0 amide bonds. The smallest absolute Gasteiger partial charge is 0.215 e. The summed E-state index contributed by atoms with van der Waals surface area (Å²) in [4.78, 5) is 6.85. The van der Waals surface area contributed by atoms with E-state index in [1.165, 1.54) is 0 Å². The number of aromatic nitrogens is 3. The van der Waals surface area contributed by atoms with E-state index in [9.17, 15) is 0 Å². The van der Waals surface area contributed by atoms with Gasteiger partial charge in [-0.2, -0.15) is 9.61 Å². The summed E-state index contributed by atoms with van der Waals surface area (Å²) >= 11 is 0. The molecule has 0 aromatic carbocycles. The second kappa shape index (κ2) is 5.28. The largest absolute Gasteiger partial charge is 0.481 e. The second-order valence-electron chi connectivity index (χ2n) is 5.26. The Kier molecular flexibility index (Phi) is 3.48. The molecule has 2 aromatic heterocycles. The molecule has 20 heavy (non-hydrogen) atoms. The van der Waals surface area contributed by atoms with Crippen LogP contribution in [0.4, 0.5) is 5.82 Å². The summed E-state index contributed by atoms with van der Waals surface area (Å²) in [7, 11) is 3.70. The molecule has 6 heteroatoms. The fraction of sp³-hybridized carbons (Fsp3) is 0.571. The van der Waals surface area contributed by atoms with Gasteiger partial charge in [-0.25, -0.2) is 4.98 Å². The van der Waals surface area contributed by atoms with Gasteiger partial charge in [0.2, 0.25) is 5.88 Å². The summed E-state index contributed by atoms with van der Waals surface area (Å²) < 4.78 is 7.20. The van der Waals surface area contributed by atoms with Crippen LogP contribution in [0.5, 0.6) is 5.88 Å². The monoisotopic (exact) mass is 275 g/mol. The molecule has 108 valence electrons. The molecule has 2 aromatic rings. The molecule has 0 unspecified atom stereocenters. The Labute approximate surface area is 118 Å². The molecule has 3 rings (SSSR count). The van der Waals surface area contributed by atoms with E-state index in [1.807, 2.05) is 17.6 Å². The number of nitrogens with zero attached hydrogens (tertiary/aromatic N) is 4. The van der Waals surface area contributed by atoms with Gasteiger partial charge in [0.15, 0.2) is 5.82 Å². The van der Waals surface area contributed by atoms with Gasteiger partial charge >= 0.3 is 0 Å². The van der Waals surface area contributed by atoms with Crippen molar-refractivity contribution in [3.63, 3.8) is 0 Å². The maximum atomic E-state index is 5.37. The lowest BCUT2D eigenvalue weighted by atomic mass is 10.1. The van der Waals surface area contributed by atoms with Crippen molar-refractivity contribution in [3.05, 3.63) is 18.0 Å². The summed E-state index contributed by atoms with van der Waals surface area (Å²) in [6.45, 7) is 4.11. The maximum Gasteiger partial charge on any atom is 0.215 e. The molecule has 0 atom stereocenters. The molecule has 0 bridgehead atoms. The molecule has 0 spiro atoms. The van der Waals surface area contributed by atoms with E-state index in [1.54, 1.807) is 13.4 Å². The quantitative estimate of drug-likeness (QED) is 0.913. The predicted molar refractivity (Wildman–Crippen MR) is 78.6 cm³/mol. The van der Waals surface area contributed by atoms with Crippen molar-refractivity contribution in [2.75, 3.05) is 32.1 Å². The summed E-state index contributed by atoms with van der Waals surface area (Å²) in [6.07, 6.45) is 3.89. The van der Waals surface area contributed by atoms with Gasteiger partial charge in [0, 0.05) is 25.2 Å². The lowest BCUT2D eigenvalue weighted by Crippen LogP contribution is -2.41. The fourth-order valence-corrected chi connectivity index (χ4v) is 2.93. The Bertz CT molecular complexity index is 601. The van der Waals surface area contributed by atoms with Crippen LogP contribution in [0.2, 0.25) is 0 Å². The molecule has 1 aliphatic rings. The Morgan fingerprint density at radius 2 is 2.10 bits per heavy atom. The minimum atomic E-state index is 0.617. The third kappa shape index (κ3) is 2.10. The molecule has 1 fully saturated rings. The van der Waals surface area contributed by atoms with Crippen LogP contribution in [-0.2, 0) is 0 Å². The second-order valence-corrected chi connectivity index (χ2v) is 5.26. The zero-order valence-electron chi connectivity index (χ0n) is 12.3. The molecule has 0 saturated carbocycles.